The van der Waals surface area contributed by atoms with Crippen LogP contribution < -0.4 is 20.7 Å². The van der Waals surface area contributed by atoms with Crippen LogP contribution in [0.5, 0.6) is 0 Å². The molecule has 5 aliphatic heterocycles. The Hall–Kier alpha value is -4.34. The first-order valence-electron chi connectivity index (χ1n) is 13.7. The smallest absolute Gasteiger partial charge is 0.166 e. The third-order valence-electron chi connectivity index (χ3n) is 8.28. The van der Waals surface area contributed by atoms with E-state index in [4.69, 9.17) is 19.3 Å². The summed E-state index contributed by atoms with van der Waals surface area (Å²) in [6.07, 6.45) is 5.58. The molecule has 5 atom stereocenters. The molecule has 0 spiro atoms. The van der Waals surface area contributed by atoms with Crippen LogP contribution in [0.15, 0.2) is 120 Å². The highest BCUT2D eigenvalue weighted by molar-refractivity contribution is 7.86. The maximum Gasteiger partial charge on any atom is 0.166 e. The second-order valence-electron chi connectivity index (χ2n) is 10.6. The van der Waals surface area contributed by atoms with Gasteiger partial charge in [-0.2, -0.15) is 0 Å². The van der Waals surface area contributed by atoms with Gasteiger partial charge < -0.3 is 15.4 Å². The molecule has 40 heavy (non-hydrogen) atoms. The molecule has 3 aromatic carbocycles. The van der Waals surface area contributed by atoms with Gasteiger partial charge in [0.1, 0.15) is 29.8 Å². The predicted molar refractivity (Wildman–Crippen MR) is 158 cm³/mol. The lowest BCUT2D eigenvalue weighted by Gasteiger charge is -2.18. The van der Waals surface area contributed by atoms with E-state index >= 15 is 0 Å². The number of hydrogen-bond donors (Lipinski definition) is 4. The third kappa shape index (κ3) is 3.34. The Morgan fingerprint density at radius 1 is 0.700 bits per heavy atom. The molecule has 3 aromatic rings. The van der Waals surface area contributed by atoms with Gasteiger partial charge in [-0.3, -0.25) is 5.32 Å². The summed E-state index contributed by atoms with van der Waals surface area (Å²) in [5.41, 5.74) is 8.09. The van der Waals surface area contributed by atoms with E-state index in [2.05, 4.69) is 106 Å². The van der Waals surface area contributed by atoms with Gasteiger partial charge >= 0.3 is 0 Å². The Balaban J connectivity index is 1.25. The molecule has 8 bridgehead atoms. The van der Waals surface area contributed by atoms with Crippen LogP contribution >= 0.6 is 0 Å². The van der Waals surface area contributed by atoms with Gasteiger partial charge in [-0.25, -0.2) is 19.3 Å². The largest absolute Gasteiger partial charge is 0.350 e. The first kappa shape index (κ1) is 22.5. The molecule has 0 saturated heterocycles. The summed E-state index contributed by atoms with van der Waals surface area (Å²) in [5, 5.41) is 11.1. The molecular weight excluding hydrogens is 516 g/mol. The van der Waals surface area contributed by atoms with Gasteiger partial charge in [0, 0.05) is 38.0 Å². The SMILES string of the molecule is C1=CC2=C(CC1)C1N=C2NC2NC(N=C3NC(N=S4NC(=N1)c1ccccc14)c1ccccc13)c1ccccc12. The molecule has 0 radical (unpaired) electrons. The minimum absolute atomic E-state index is 0.124. The summed E-state index contributed by atoms with van der Waals surface area (Å²) in [5.74, 6) is 2.59. The minimum atomic E-state index is -0.576. The molecule has 1 aliphatic carbocycles. The highest BCUT2D eigenvalue weighted by Crippen LogP contribution is 2.38. The fraction of sp³-hybridized carbons (Fsp3) is 0.194. The van der Waals surface area contributed by atoms with Crippen molar-refractivity contribution < 1.29 is 0 Å². The molecule has 0 aromatic heterocycles. The Morgan fingerprint density at radius 3 is 2.40 bits per heavy atom. The van der Waals surface area contributed by atoms with E-state index in [1.807, 2.05) is 0 Å². The van der Waals surface area contributed by atoms with Crippen molar-refractivity contribution in [3.63, 3.8) is 0 Å². The molecule has 8 nitrogen and oxygen atoms in total. The average Bonchev–Trinajstić information content (AvgIpc) is 3.73. The zero-order valence-electron chi connectivity index (χ0n) is 21.5. The van der Waals surface area contributed by atoms with Gasteiger partial charge in [-0.15, -0.1) is 0 Å². The minimum Gasteiger partial charge on any atom is -0.350 e. The van der Waals surface area contributed by atoms with Crippen LogP contribution in [0.25, 0.3) is 0 Å². The van der Waals surface area contributed by atoms with Crippen molar-refractivity contribution in [2.24, 2.45) is 19.3 Å². The number of allylic oxidation sites excluding steroid dienone is 1. The number of benzene rings is 3. The van der Waals surface area contributed by atoms with Gasteiger partial charge in [0.15, 0.2) is 12.3 Å². The maximum absolute atomic E-state index is 5.31. The summed E-state index contributed by atoms with van der Waals surface area (Å²) in [7, 11) is -0.576. The molecule has 5 unspecified atom stereocenters. The third-order valence-corrected chi connectivity index (χ3v) is 9.87. The molecule has 0 saturated carbocycles. The normalized spacial score (nSPS) is 28.5. The van der Waals surface area contributed by atoms with Crippen molar-refractivity contribution >= 4 is 28.4 Å². The first-order valence-corrected chi connectivity index (χ1v) is 14.9. The molecule has 6 aliphatic rings. The summed E-state index contributed by atoms with van der Waals surface area (Å²) in [6, 6.07) is 25.3. The lowest BCUT2D eigenvalue weighted by atomic mass is 9.97. The zero-order valence-corrected chi connectivity index (χ0v) is 22.3. The van der Waals surface area contributed by atoms with E-state index in [0.29, 0.717) is 0 Å². The van der Waals surface area contributed by atoms with Gasteiger partial charge in [-0.1, -0.05) is 78.9 Å². The zero-order chi connectivity index (χ0) is 26.2. The Labute approximate surface area is 234 Å². The highest BCUT2D eigenvalue weighted by atomic mass is 32.2. The number of hydrogen-bond acceptors (Lipinski definition) is 8. The van der Waals surface area contributed by atoms with E-state index in [1.165, 1.54) is 11.1 Å². The number of nitrogens with one attached hydrogen (secondary N) is 4. The highest BCUT2D eigenvalue weighted by Gasteiger charge is 2.37. The Morgan fingerprint density at radius 2 is 1.48 bits per heavy atom. The average molecular weight is 543 g/mol. The molecule has 4 N–H and O–H groups in total. The van der Waals surface area contributed by atoms with Crippen LogP contribution in [0, 0.1) is 0 Å². The summed E-state index contributed by atoms with van der Waals surface area (Å²) >= 11 is 0. The molecule has 9 heteroatoms. The molecule has 0 fully saturated rings. The number of aliphatic imine (C=N–C) groups is 3. The van der Waals surface area contributed by atoms with E-state index in [0.717, 1.165) is 63.1 Å². The second kappa shape index (κ2) is 8.58. The van der Waals surface area contributed by atoms with Gasteiger partial charge in [-0.05, 0) is 35.6 Å². The van der Waals surface area contributed by atoms with Crippen LogP contribution in [0.2, 0.25) is 0 Å². The number of nitrogens with zero attached hydrogens (tertiary/aromatic N) is 4. The summed E-state index contributed by atoms with van der Waals surface area (Å²) < 4.78 is 8.97. The lowest BCUT2D eigenvalue weighted by molar-refractivity contribution is 0.485. The molecule has 9 rings (SSSR count). The van der Waals surface area contributed by atoms with E-state index in [9.17, 15) is 0 Å². The summed E-state index contributed by atoms with van der Waals surface area (Å²) in [6.45, 7) is 0. The molecule has 5 heterocycles. The lowest BCUT2D eigenvalue weighted by Crippen LogP contribution is -2.35. The fourth-order valence-electron chi connectivity index (χ4n) is 6.39. The van der Waals surface area contributed by atoms with Crippen LogP contribution in [0.3, 0.4) is 0 Å². The second-order valence-corrected chi connectivity index (χ2v) is 12.0. The topological polar surface area (TPSA) is 97.6 Å². The molecule has 196 valence electrons. The Kier molecular flexibility index (Phi) is 4.82. The standard InChI is InChI=1S/C31H26N8S/c1-2-10-18-17(9-1)25-32-26(18)35-29-21-13-5-6-14-22(21)30(36-29)38-40-24-16-8-7-15-23(24)31(39-40)37-28-20-12-4-3-11-19(20)27(33-25)34-28/h1-3,5-11,13-16,25-26,28,30,32H,4,12H2,(H,33,34)(H,35,36)(H,37,38,39). The molecule has 0 amide bonds. The fourth-order valence-corrected chi connectivity index (χ4v) is 7.97. The van der Waals surface area contributed by atoms with Crippen molar-refractivity contribution in [1.29, 1.82) is 0 Å². The van der Waals surface area contributed by atoms with E-state index in [1.54, 1.807) is 0 Å². The van der Waals surface area contributed by atoms with E-state index < -0.39 is 10.9 Å². The predicted octanol–water partition coefficient (Wildman–Crippen LogP) is 4.45. The van der Waals surface area contributed by atoms with E-state index in [-0.39, 0.29) is 24.7 Å². The van der Waals surface area contributed by atoms with Crippen LogP contribution in [-0.2, 0) is 10.9 Å². The monoisotopic (exact) mass is 542 g/mol. The van der Waals surface area contributed by atoms with Crippen molar-refractivity contribution in [3.8, 4) is 0 Å². The van der Waals surface area contributed by atoms with Crippen molar-refractivity contribution in [3.05, 3.63) is 124 Å². The Bertz CT molecular complexity index is 1800. The molecular formula is C31H26N8S. The van der Waals surface area contributed by atoms with Gasteiger partial charge in [0.05, 0.1) is 0 Å². The van der Waals surface area contributed by atoms with Crippen LogP contribution in [0.4, 0.5) is 0 Å². The van der Waals surface area contributed by atoms with Gasteiger partial charge in [0.2, 0.25) is 0 Å². The first-order chi connectivity index (χ1) is 19.8. The van der Waals surface area contributed by atoms with Crippen molar-refractivity contribution in [1.82, 2.24) is 20.7 Å². The quantitative estimate of drug-likeness (QED) is 0.338. The van der Waals surface area contributed by atoms with Gasteiger partial charge in [0.25, 0.3) is 0 Å². The van der Waals surface area contributed by atoms with Crippen LogP contribution in [-0.4, -0.2) is 23.7 Å². The maximum atomic E-state index is 5.31. The number of fused-ring (bicyclic) bond motifs is 18. The number of amidine groups is 3. The van der Waals surface area contributed by atoms with Crippen molar-refractivity contribution in [2.75, 3.05) is 0 Å². The summed E-state index contributed by atoms with van der Waals surface area (Å²) in [4.78, 5) is 16.8. The van der Waals surface area contributed by atoms with Crippen molar-refractivity contribution in [2.45, 2.75) is 42.4 Å². The van der Waals surface area contributed by atoms with Crippen LogP contribution in [0.1, 0.15) is 59.2 Å². The number of rotatable bonds is 0.